The highest BCUT2D eigenvalue weighted by atomic mass is 35.5. The van der Waals surface area contributed by atoms with Gasteiger partial charge < -0.3 is 4.79 Å². The quantitative estimate of drug-likeness (QED) is 0.562. The molecule has 1 aliphatic rings. The molecule has 52 valence electrons. The van der Waals surface area contributed by atoms with Gasteiger partial charge in [0, 0.05) is 5.92 Å². The highest BCUT2D eigenvalue weighted by Gasteiger charge is 2.18. The standard InChI is InChI=1S/C4H6O.3ClH/c5-3-4-1-2-4;;;/h3-4H,1-2H2;3*1H. The Hall–Kier alpha value is 0.540. The Balaban J connectivity index is -0.0000000833. The summed E-state index contributed by atoms with van der Waals surface area (Å²) in [5.41, 5.74) is 0. The van der Waals surface area contributed by atoms with Crippen LogP contribution in [0.1, 0.15) is 12.8 Å². The van der Waals surface area contributed by atoms with E-state index in [-0.39, 0.29) is 37.2 Å². The van der Waals surface area contributed by atoms with Crippen molar-refractivity contribution in [2.24, 2.45) is 5.92 Å². The van der Waals surface area contributed by atoms with Gasteiger partial charge in [0.05, 0.1) is 0 Å². The third-order valence-electron chi connectivity index (χ3n) is 0.814. The van der Waals surface area contributed by atoms with E-state index in [1.807, 2.05) is 0 Å². The molecule has 1 nitrogen and oxygen atoms in total. The SMILES string of the molecule is Cl.Cl.Cl.O=CC1CC1. The maximum Gasteiger partial charge on any atom is 0.123 e. The Morgan fingerprint density at radius 3 is 1.50 bits per heavy atom. The van der Waals surface area contributed by atoms with E-state index in [1.54, 1.807) is 0 Å². The molecule has 1 saturated carbocycles. The van der Waals surface area contributed by atoms with Crippen LogP contribution in [0.15, 0.2) is 0 Å². The molecule has 1 rings (SSSR count). The average molecular weight is 179 g/mol. The Morgan fingerprint density at radius 1 is 1.12 bits per heavy atom. The molecule has 0 aromatic carbocycles. The predicted molar refractivity (Wildman–Crippen MR) is 40.5 cm³/mol. The van der Waals surface area contributed by atoms with E-state index < -0.39 is 0 Å². The van der Waals surface area contributed by atoms with Crippen LogP contribution < -0.4 is 0 Å². The van der Waals surface area contributed by atoms with Crippen molar-refractivity contribution in [3.63, 3.8) is 0 Å². The molecule has 0 spiro atoms. The highest BCUT2D eigenvalue weighted by molar-refractivity contribution is 5.86. The number of rotatable bonds is 1. The van der Waals surface area contributed by atoms with Gasteiger partial charge in [0.2, 0.25) is 0 Å². The van der Waals surface area contributed by atoms with Crippen LogP contribution in [0, 0.1) is 5.92 Å². The van der Waals surface area contributed by atoms with Gasteiger partial charge in [-0.2, -0.15) is 0 Å². The van der Waals surface area contributed by atoms with E-state index in [4.69, 9.17) is 0 Å². The number of carbonyl (C=O) groups is 1. The summed E-state index contributed by atoms with van der Waals surface area (Å²) >= 11 is 0. The van der Waals surface area contributed by atoms with Crippen molar-refractivity contribution in [2.75, 3.05) is 0 Å². The van der Waals surface area contributed by atoms with Crippen LogP contribution in [0.4, 0.5) is 0 Å². The van der Waals surface area contributed by atoms with Crippen molar-refractivity contribution in [2.45, 2.75) is 12.8 Å². The summed E-state index contributed by atoms with van der Waals surface area (Å²) in [6, 6.07) is 0. The zero-order valence-electron chi connectivity index (χ0n) is 4.20. The van der Waals surface area contributed by atoms with Gasteiger partial charge in [0.1, 0.15) is 6.29 Å². The third-order valence-corrected chi connectivity index (χ3v) is 0.814. The van der Waals surface area contributed by atoms with Gasteiger partial charge in [-0.25, -0.2) is 0 Å². The van der Waals surface area contributed by atoms with Crippen molar-refractivity contribution in [3.05, 3.63) is 0 Å². The van der Waals surface area contributed by atoms with Crippen molar-refractivity contribution >= 4 is 43.5 Å². The van der Waals surface area contributed by atoms with E-state index in [0.717, 1.165) is 19.1 Å². The average Bonchev–Trinajstić information content (AvgIpc) is 2.12. The third kappa shape index (κ3) is 6.54. The molecule has 0 aromatic heterocycles. The van der Waals surface area contributed by atoms with Crippen molar-refractivity contribution in [3.8, 4) is 0 Å². The molecule has 0 radical (unpaired) electrons. The lowest BCUT2D eigenvalue weighted by Crippen LogP contribution is -1.66. The molecule has 0 N–H and O–H groups in total. The monoisotopic (exact) mass is 178 g/mol. The first-order valence-corrected chi connectivity index (χ1v) is 1.89. The fraction of sp³-hybridized carbons (Fsp3) is 0.750. The summed E-state index contributed by atoms with van der Waals surface area (Å²) in [7, 11) is 0. The first kappa shape index (κ1) is 15.8. The van der Waals surface area contributed by atoms with Gasteiger partial charge >= 0.3 is 0 Å². The summed E-state index contributed by atoms with van der Waals surface area (Å²) in [6.45, 7) is 0. The van der Waals surface area contributed by atoms with Gasteiger partial charge in [-0.3, -0.25) is 0 Å². The van der Waals surface area contributed by atoms with Gasteiger partial charge in [0.15, 0.2) is 0 Å². The van der Waals surface area contributed by atoms with E-state index in [1.165, 1.54) is 0 Å². The van der Waals surface area contributed by atoms with E-state index in [0.29, 0.717) is 5.92 Å². The summed E-state index contributed by atoms with van der Waals surface area (Å²) in [6.07, 6.45) is 3.31. The lowest BCUT2D eigenvalue weighted by Gasteiger charge is -1.56. The molecule has 0 unspecified atom stereocenters. The molecule has 0 saturated heterocycles. The molecular weight excluding hydrogens is 170 g/mol. The van der Waals surface area contributed by atoms with Gasteiger partial charge in [-0.1, -0.05) is 0 Å². The number of hydrogen-bond donors (Lipinski definition) is 0. The zero-order chi connectivity index (χ0) is 3.70. The molecule has 0 aromatic rings. The maximum absolute atomic E-state index is 9.57. The van der Waals surface area contributed by atoms with Crippen LogP contribution in [0.5, 0.6) is 0 Å². The fourth-order valence-corrected chi connectivity index (χ4v) is 0.232. The zero-order valence-corrected chi connectivity index (χ0v) is 6.65. The fourth-order valence-electron chi connectivity index (χ4n) is 0.232. The Labute approximate surface area is 67.4 Å². The lowest BCUT2D eigenvalue weighted by atomic mass is 10.5. The van der Waals surface area contributed by atoms with E-state index >= 15 is 0 Å². The minimum absolute atomic E-state index is 0. The first-order valence-electron chi connectivity index (χ1n) is 1.89. The van der Waals surface area contributed by atoms with Crippen LogP contribution in [-0.4, -0.2) is 6.29 Å². The molecule has 0 atom stereocenters. The second kappa shape index (κ2) is 7.54. The smallest absolute Gasteiger partial charge is 0.123 e. The number of aldehydes is 1. The van der Waals surface area contributed by atoms with Gasteiger partial charge in [0.25, 0.3) is 0 Å². The van der Waals surface area contributed by atoms with Crippen molar-refractivity contribution < 1.29 is 4.79 Å². The summed E-state index contributed by atoms with van der Waals surface area (Å²) in [4.78, 5) is 9.57. The number of hydrogen-bond acceptors (Lipinski definition) is 1. The Kier molecular flexibility index (Phi) is 14.9. The first-order chi connectivity index (χ1) is 2.43. The molecule has 4 heteroatoms. The van der Waals surface area contributed by atoms with E-state index in [9.17, 15) is 4.79 Å². The summed E-state index contributed by atoms with van der Waals surface area (Å²) in [5, 5.41) is 0. The van der Waals surface area contributed by atoms with E-state index in [2.05, 4.69) is 0 Å². The molecule has 0 heterocycles. The summed E-state index contributed by atoms with van der Waals surface area (Å²) in [5.74, 6) is 0.454. The van der Waals surface area contributed by atoms with Crippen molar-refractivity contribution in [1.82, 2.24) is 0 Å². The van der Waals surface area contributed by atoms with Gasteiger partial charge in [-0.05, 0) is 12.8 Å². The minimum atomic E-state index is 0. The summed E-state index contributed by atoms with van der Waals surface area (Å²) < 4.78 is 0. The largest absolute Gasteiger partial charge is 0.303 e. The van der Waals surface area contributed by atoms with Crippen LogP contribution in [0.2, 0.25) is 0 Å². The van der Waals surface area contributed by atoms with Gasteiger partial charge in [-0.15, -0.1) is 37.2 Å². The molecule has 0 amide bonds. The van der Waals surface area contributed by atoms with Crippen LogP contribution in [0.3, 0.4) is 0 Å². The molecule has 0 bridgehead atoms. The maximum atomic E-state index is 9.57. The topological polar surface area (TPSA) is 17.1 Å². The molecule has 0 aliphatic heterocycles. The normalized spacial score (nSPS) is 14.0. The number of halogens is 3. The second-order valence-electron chi connectivity index (χ2n) is 1.47. The minimum Gasteiger partial charge on any atom is -0.303 e. The molecule has 8 heavy (non-hydrogen) atoms. The molecular formula is C4H9Cl3O. The predicted octanol–water partition coefficient (Wildman–Crippen LogP) is 1.86. The number of carbonyl (C=O) groups excluding carboxylic acids is 1. The Morgan fingerprint density at radius 2 is 1.50 bits per heavy atom. The highest BCUT2D eigenvalue weighted by Crippen LogP contribution is 2.25. The lowest BCUT2D eigenvalue weighted by molar-refractivity contribution is -0.108. The van der Waals surface area contributed by atoms with Crippen LogP contribution in [-0.2, 0) is 4.79 Å². The molecule has 1 fully saturated rings. The Bertz CT molecular complexity index is 53.2. The van der Waals surface area contributed by atoms with Crippen LogP contribution in [0.25, 0.3) is 0 Å². The molecule has 1 aliphatic carbocycles. The van der Waals surface area contributed by atoms with Crippen LogP contribution >= 0.6 is 37.2 Å². The van der Waals surface area contributed by atoms with Crippen molar-refractivity contribution in [1.29, 1.82) is 0 Å². The second-order valence-corrected chi connectivity index (χ2v) is 1.47.